The van der Waals surface area contributed by atoms with Crippen LogP contribution in [0.25, 0.3) is 0 Å². The van der Waals surface area contributed by atoms with Gasteiger partial charge in [0.1, 0.15) is 6.04 Å². The van der Waals surface area contributed by atoms with Crippen molar-refractivity contribution in [3.8, 4) is 0 Å². The number of hydrogen-bond acceptors (Lipinski definition) is 4. The van der Waals surface area contributed by atoms with Crippen molar-refractivity contribution in [3.63, 3.8) is 0 Å². The van der Waals surface area contributed by atoms with Crippen LogP contribution in [0.1, 0.15) is 34.7 Å². The second-order valence-electron chi connectivity index (χ2n) is 7.83. The molecule has 0 aliphatic carbocycles. The molecule has 3 aromatic rings. The Labute approximate surface area is 188 Å². The number of aryl methyl sites for hydroxylation is 2. The van der Waals surface area contributed by atoms with Gasteiger partial charge in [-0.15, -0.1) is 0 Å². The van der Waals surface area contributed by atoms with Gasteiger partial charge in [0, 0.05) is 30.3 Å². The first kappa shape index (κ1) is 21.3. The predicted octanol–water partition coefficient (Wildman–Crippen LogP) is 3.59. The van der Waals surface area contributed by atoms with Crippen LogP contribution in [0.3, 0.4) is 0 Å². The number of thiocarbonyl (C=S) groups is 1. The van der Waals surface area contributed by atoms with E-state index in [0.29, 0.717) is 10.8 Å². The molecular formula is C22H25N5O2S2. The monoisotopic (exact) mass is 455 g/mol. The van der Waals surface area contributed by atoms with E-state index in [1.165, 1.54) is 0 Å². The summed E-state index contributed by atoms with van der Waals surface area (Å²) in [7, 11) is -1.31. The van der Waals surface area contributed by atoms with Crippen molar-refractivity contribution in [2.75, 3.05) is 15.9 Å². The number of hydrogen-bond donors (Lipinski definition) is 2. The number of nitrogens with zero attached hydrogens (tertiary/aromatic N) is 3. The first-order valence-corrected chi connectivity index (χ1v) is 12.2. The zero-order chi connectivity index (χ0) is 22.3. The van der Waals surface area contributed by atoms with Crippen molar-refractivity contribution in [2.24, 2.45) is 7.05 Å². The number of benzene rings is 1. The minimum atomic E-state index is -3.36. The molecule has 1 aromatic carbocycles. The highest BCUT2D eigenvalue weighted by atomic mass is 32.2. The standard InChI is InChI=1S/C22H25N5O2S2/c1-14-13-16(9-10-17(14)25-31(4,28)29)27-21(19-11-8-15(2)26(19)3)20(24-22(27)30)18-7-5-6-12-23-18/h5-13,20-21,25H,1-4H3,(H,24,30)/t20-,21+/m0/s1. The Balaban J connectivity index is 1.81. The molecule has 2 atom stereocenters. The molecule has 7 nitrogen and oxygen atoms in total. The quantitative estimate of drug-likeness (QED) is 0.573. The van der Waals surface area contributed by atoms with E-state index in [-0.39, 0.29) is 12.1 Å². The van der Waals surface area contributed by atoms with Gasteiger partial charge in [-0.05, 0) is 74.1 Å². The van der Waals surface area contributed by atoms with E-state index < -0.39 is 10.0 Å². The fourth-order valence-corrected chi connectivity index (χ4v) is 4.95. The van der Waals surface area contributed by atoms with Crippen molar-refractivity contribution in [1.29, 1.82) is 0 Å². The van der Waals surface area contributed by atoms with Gasteiger partial charge in [-0.3, -0.25) is 9.71 Å². The molecule has 1 aliphatic rings. The van der Waals surface area contributed by atoms with E-state index >= 15 is 0 Å². The lowest BCUT2D eigenvalue weighted by Crippen LogP contribution is -2.30. The largest absolute Gasteiger partial charge is 0.351 e. The van der Waals surface area contributed by atoms with Crippen LogP contribution >= 0.6 is 12.2 Å². The molecule has 0 saturated carbocycles. The summed E-state index contributed by atoms with van der Waals surface area (Å²) in [6.07, 6.45) is 2.93. The third-order valence-corrected chi connectivity index (χ3v) is 6.50. The minimum absolute atomic E-state index is 0.116. The summed E-state index contributed by atoms with van der Waals surface area (Å²) in [5.74, 6) is 0. The van der Waals surface area contributed by atoms with E-state index in [1.807, 2.05) is 44.3 Å². The molecule has 2 N–H and O–H groups in total. The number of sulfonamides is 1. The number of anilines is 2. The second kappa shape index (κ2) is 7.97. The summed E-state index contributed by atoms with van der Waals surface area (Å²) in [4.78, 5) is 6.66. The van der Waals surface area contributed by atoms with Crippen LogP contribution < -0.4 is 14.9 Å². The van der Waals surface area contributed by atoms with Crippen molar-refractivity contribution in [3.05, 3.63) is 77.4 Å². The number of aromatic nitrogens is 2. The third-order valence-electron chi connectivity index (χ3n) is 5.60. The van der Waals surface area contributed by atoms with Gasteiger partial charge in [0.25, 0.3) is 0 Å². The maximum Gasteiger partial charge on any atom is 0.229 e. The van der Waals surface area contributed by atoms with Crippen LogP contribution in [-0.4, -0.2) is 29.3 Å². The normalized spacial score (nSPS) is 18.8. The lowest BCUT2D eigenvalue weighted by Gasteiger charge is -2.29. The van der Waals surface area contributed by atoms with Gasteiger partial charge in [-0.25, -0.2) is 8.42 Å². The molecule has 0 unspecified atom stereocenters. The Kier molecular flexibility index (Phi) is 5.49. The van der Waals surface area contributed by atoms with Crippen molar-refractivity contribution < 1.29 is 8.42 Å². The summed E-state index contributed by atoms with van der Waals surface area (Å²) in [5.41, 5.74) is 5.42. The van der Waals surface area contributed by atoms with Crippen molar-refractivity contribution in [2.45, 2.75) is 25.9 Å². The third kappa shape index (κ3) is 4.15. The molecule has 162 valence electrons. The smallest absolute Gasteiger partial charge is 0.229 e. The van der Waals surface area contributed by atoms with Crippen LogP contribution in [0.15, 0.2) is 54.7 Å². The molecule has 2 aromatic heterocycles. The average molecular weight is 456 g/mol. The maximum absolute atomic E-state index is 11.7. The summed E-state index contributed by atoms with van der Waals surface area (Å²) < 4.78 is 28.0. The number of rotatable bonds is 5. The van der Waals surface area contributed by atoms with E-state index in [1.54, 1.807) is 12.3 Å². The summed E-state index contributed by atoms with van der Waals surface area (Å²) in [6, 6.07) is 15.4. The highest BCUT2D eigenvalue weighted by Crippen LogP contribution is 2.42. The van der Waals surface area contributed by atoms with Gasteiger partial charge in [0.15, 0.2) is 5.11 Å². The first-order chi connectivity index (χ1) is 14.7. The van der Waals surface area contributed by atoms with Crippen LogP contribution in [0, 0.1) is 13.8 Å². The van der Waals surface area contributed by atoms with Gasteiger partial charge < -0.3 is 14.8 Å². The zero-order valence-electron chi connectivity index (χ0n) is 17.8. The van der Waals surface area contributed by atoms with Gasteiger partial charge in [-0.2, -0.15) is 0 Å². The molecule has 0 amide bonds. The molecule has 1 fully saturated rings. The highest BCUT2D eigenvalue weighted by molar-refractivity contribution is 7.92. The fraction of sp³-hybridized carbons (Fsp3) is 0.273. The SMILES string of the molecule is Cc1cc(N2C(=S)N[C@@H](c3ccccn3)[C@H]2c2ccc(C)n2C)ccc1NS(C)(=O)=O. The molecule has 0 bridgehead atoms. The van der Waals surface area contributed by atoms with E-state index in [2.05, 4.69) is 43.5 Å². The highest BCUT2D eigenvalue weighted by Gasteiger charge is 2.42. The van der Waals surface area contributed by atoms with E-state index in [0.717, 1.165) is 34.6 Å². The number of pyridine rings is 1. The molecule has 1 saturated heterocycles. The van der Waals surface area contributed by atoms with Crippen LogP contribution in [0.4, 0.5) is 11.4 Å². The van der Waals surface area contributed by atoms with Gasteiger partial charge in [0.05, 0.1) is 23.7 Å². The molecule has 0 radical (unpaired) electrons. The molecule has 3 heterocycles. The fourth-order valence-electron chi connectivity index (χ4n) is 3.98. The van der Waals surface area contributed by atoms with Crippen molar-refractivity contribution >= 4 is 38.7 Å². The molecule has 31 heavy (non-hydrogen) atoms. The Hall–Kier alpha value is -2.91. The van der Waals surface area contributed by atoms with Crippen LogP contribution in [0.2, 0.25) is 0 Å². The maximum atomic E-state index is 11.7. The molecule has 9 heteroatoms. The Morgan fingerprint density at radius 3 is 2.48 bits per heavy atom. The lowest BCUT2D eigenvalue weighted by molar-refractivity contribution is 0.539. The summed E-state index contributed by atoms with van der Waals surface area (Å²) in [6.45, 7) is 3.95. The molecule has 0 spiro atoms. The minimum Gasteiger partial charge on any atom is -0.351 e. The Bertz CT molecular complexity index is 1240. The zero-order valence-corrected chi connectivity index (χ0v) is 19.5. The lowest BCUT2D eigenvalue weighted by atomic mass is 10.0. The van der Waals surface area contributed by atoms with Gasteiger partial charge >= 0.3 is 0 Å². The van der Waals surface area contributed by atoms with E-state index in [9.17, 15) is 8.42 Å². The predicted molar refractivity (Wildman–Crippen MR) is 128 cm³/mol. The average Bonchev–Trinajstić information content (AvgIpc) is 3.22. The summed E-state index contributed by atoms with van der Waals surface area (Å²) in [5, 5.41) is 4.05. The second-order valence-corrected chi connectivity index (χ2v) is 9.96. The molecule has 4 rings (SSSR count). The van der Waals surface area contributed by atoms with Crippen molar-refractivity contribution in [1.82, 2.24) is 14.9 Å². The molecule has 1 aliphatic heterocycles. The van der Waals surface area contributed by atoms with Crippen LogP contribution in [-0.2, 0) is 17.1 Å². The Morgan fingerprint density at radius 2 is 1.90 bits per heavy atom. The number of nitrogens with one attached hydrogen (secondary N) is 2. The first-order valence-electron chi connectivity index (χ1n) is 9.87. The van der Waals surface area contributed by atoms with Crippen LogP contribution in [0.5, 0.6) is 0 Å². The summed E-state index contributed by atoms with van der Waals surface area (Å²) >= 11 is 5.76. The van der Waals surface area contributed by atoms with Gasteiger partial charge in [0.2, 0.25) is 10.0 Å². The topological polar surface area (TPSA) is 79.3 Å². The van der Waals surface area contributed by atoms with E-state index in [4.69, 9.17) is 12.2 Å². The van der Waals surface area contributed by atoms with Gasteiger partial charge in [-0.1, -0.05) is 6.07 Å². The molecular weight excluding hydrogens is 430 g/mol. The Morgan fingerprint density at radius 1 is 1.13 bits per heavy atom.